The van der Waals surface area contributed by atoms with Gasteiger partial charge in [-0.1, -0.05) is 18.2 Å². The zero-order valence-electron chi connectivity index (χ0n) is 14.1. The van der Waals surface area contributed by atoms with E-state index in [2.05, 4.69) is 15.3 Å². The maximum absolute atomic E-state index is 12.3. The number of H-pyrrole nitrogens is 1. The number of hydrogen-bond donors (Lipinski definition) is 2. The van der Waals surface area contributed by atoms with Gasteiger partial charge in [0, 0.05) is 6.54 Å². The van der Waals surface area contributed by atoms with Gasteiger partial charge >= 0.3 is 0 Å². The lowest BCUT2D eigenvalue weighted by Crippen LogP contribution is -2.40. The second-order valence-electron chi connectivity index (χ2n) is 6.19. The summed E-state index contributed by atoms with van der Waals surface area (Å²) in [5.74, 6) is -0.433. The first-order valence-electron chi connectivity index (χ1n) is 8.20. The fraction of sp³-hybridized carbons (Fsp3) is 0.158. The van der Waals surface area contributed by atoms with Gasteiger partial charge in [0.2, 0.25) is 5.91 Å². The number of aryl methyl sites for hydroxylation is 1. The number of hydrogen-bond acceptors (Lipinski definition) is 4. The van der Waals surface area contributed by atoms with Crippen molar-refractivity contribution >= 4 is 28.8 Å². The number of carbonyl (C=O) groups excluding carboxylic acids is 3. The molecule has 26 heavy (non-hydrogen) atoms. The second-order valence-corrected chi connectivity index (χ2v) is 6.19. The lowest BCUT2D eigenvalue weighted by atomic mass is 10.1. The largest absolute Gasteiger partial charge is 0.350 e. The summed E-state index contributed by atoms with van der Waals surface area (Å²) in [6.07, 6.45) is 0. The van der Waals surface area contributed by atoms with Crippen molar-refractivity contribution in [2.45, 2.75) is 13.5 Å². The number of carbonyl (C=O) groups is 3. The third-order valence-electron chi connectivity index (χ3n) is 4.33. The average molecular weight is 348 g/mol. The molecule has 0 fully saturated rings. The van der Waals surface area contributed by atoms with Crippen molar-refractivity contribution < 1.29 is 14.4 Å². The minimum absolute atomic E-state index is 0.294. The van der Waals surface area contributed by atoms with Crippen LogP contribution in [-0.2, 0) is 11.3 Å². The molecule has 0 aliphatic carbocycles. The molecule has 2 heterocycles. The molecule has 130 valence electrons. The molecule has 4 rings (SSSR count). The zero-order valence-corrected chi connectivity index (χ0v) is 14.1. The molecule has 3 aromatic rings. The first kappa shape index (κ1) is 16.0. The Balaban J connectivity index is 1.41. The number of benzene rings is 2. The van der Waals surface area contributed by atoms with Crippen molar-refractivity contribution in [1.29, 1.82) is 0 Å². The Morgan fingerprint density at radius 1 is 1.12 bits per heavy atom. The molecule has 0 atom stereocenters. The van der Waals surface area contributed by atoms with Crippen LogP contribution in [0.15, 0.2) is 42.5 Å². The summed E-state index contributed by atoms with van der Waals surface area (Å²) in [5.41, 5.74) is 3.34. The number of nitrogens with zero attached hydrogens (tertiary/aromatic N) is 2. The predicted octanol–water partition coefficient (Wildman–Crippen LogP) is 1.78. The molecule has 3 amide bonds. The summed E-state index contributed by atoms with van der Waals surface area (Å²) in [6, 6.07) is 12.2. The highest BCUT2D eigenvalue weighted by Gasteiger charge is 2.36. The summed E-state index contributed by atoms with van der Waals surface area (Å²) in [7, 11) is 0. The second kappa shape index (κ2) is 6.11. The Bertz CT molecular complexity index is 1020. The van der Waals surface area contributed by atoms with E-state index >= 15 is 0 Å². The van der Waals surface area contributed by atoms with Gasteiger partial charge < -0.3 is 10.3 Å². The van der Waals surface area contributed by atoms with Crippen LogP contribution in [0.25, 0.3) is 11.0 Å². The van der Waals surface area contributed by atoms with Crippen LogP contribution >= 0.6 is 0 Å². The van der Waals surface area contributed by atoms with Gasteiger partial charge in [0.15, 0.2) is 0 Å². The van der Waals surface area contributed by atoms with Gasteiger partial charge in [-0.3, -0.25) is 19.3 Å². The third-order valence-corrected chi connectivity index (χ3v) is 4.33. The van der Waals surface area contributed by atoms with Gasteiger partial charge in [-0.25, -0.2) is 4.98 Å². The number of rotatable bonds is 4. The first-order valence-corrected chi connectivity index (χ1v) is 8.20. The number of nitrogens with one attached hydrogen (secondary N) is 2. The standard InChI is InChI=1S/C19H16N4O3/c1-11-21-15-7-6-12(8-16(15)22-11)9-20-17(24)10-23-18(25)13-4-2-3-5-14(13)19(23)26/h2-8H,9-10H2,1H3,(H,20,24)(H,21,22). The van der Waals surface area contributed by atoms with Crippen molar-refractivity contribution in [3.63, 3.8) is 0 Å². The van der Waals surface area contributed by atoms with Crippen LogP contribution in [0.5, 0.6) is 0 Å². The predicted molar refractivity (Wildman–Crippen MR) is 94.5 cm³/mol. The number of imide groups is 1. The van der Waals surface area contributed by atoms with E-state index in [1.807, 2.05) is 25.1 Å². The van der Waals surface area contributed by atoms with Crippen LogP contribution in [-0.4, -0.2) is 39.1 Å². The molecule has 0 spiro atoms. The van der Waals surface area contributed by atoms with Crippen LogP contribution in [0, 0.1) is 6.92 Å². The van der Waals surface area contributed by atoms with Crippen molar-refractivity contribution in [3.8, 4) is 0 Å². The molecule has 1 aliphatic heterocycles. The first-order chi connectivity index (χ1) is 12.5. The summed E-state index contributed by atoms with van der Waals surface area (Å²) in [6.45, 7) is 1.89. The Kier molecular flexibility index (Phi) is 3.76. The van der Waals surface area contributed by atoms with E-state index < -0.39 is 11.8 Å². The zero-order chi connectivity index (χ0) is 18.3. The summed E-state index contributed by atoms with van der Waals surface area (Å²) >= 11 is 0. The summed E-state index contributed by atoms with van der Waals surface area (Å²) in [4.78, 5) is 45.2. The monoisotopic (exact) mass is 348 g/mol. The third kappa shape index (κ3) is 2.73. The van der Waals surface area contributed by atoms with Gasteiger partial charge in [0.25, 0.3) is 11.8 Å². The van der Waals surface area contributed by atoms with Crippen molar-refractivity contribution in [2.24, 2.45) is 0 Å². The van der Waals surface area contributed by atoms with Crippen LogP contribution in [0.2, 0.25) is 0 Å². The number of aromatic amines is 1. The minimum Gasteiger partial charge on any atom is -0.350 e. The molecule has 0 unspecified atom stereocenters. The number of fused-ring (bicyclic) bond motifs is 2. The number of amides is 3. The van der Waals surface area contributed by atoms with Gasteiger partial charge in [0.1, 0.15) is 12.4 Å². The quantitative estimate of drug-likeness (QED) is 0.703. The van der Waals surface area contributed by atoms with Crippen LogP contribution in [0.4, 0.5) is 0 Å². The van der Waals surface area contributed by atoms with E-state index in [9.17, 15) is 14.4 Å². The molecule has 2 aromatic carbocycles. The van der Waals surface area contributed by atoms with Crippen LogP contribution in [0.1, 0.15) is 32.1 Å². The SMILES string of the molecule is Cc1nc2ccc(CNC(=O)CN3C(=O)c4ccccc4C3=O)cc2[nH]1. The van der Waals surface area contributed by atoms with Crippen LogP contribution < -0.4 is 5.32 Å². The molecule has 0 bridgehead atoms. The highest BCUT2D eigenvalue weighted by Crippen LogP contribution is 2.22. The van der Waals surface area contributed by atoms with E-state index in [1.165, 1.54) is 0 Å². The Morgan fingerprint density at radius 3 is 2.50 bits per heavy atom. The Labute approximate surface area is 149 Å². The molecule has 7 nitrogen and oxygen atoms in total. The van der Waals surface area contributed by atoms with E-state index in [4.69, 9.17) is 0 Å². The number of aromatic nitrogens is 2. The molecule has 1 aromatic heterocycles. The van der Waals surface area contributed by atoms with Gasteiger partial charge in [-0.2, -0.15) is 0 Å². The van der Waals surface area contributed by atoms with E-state index in [0.717, 1.165) is 27.3 Å². The van der Waals surface area contributed by atoms with E-state index in [-0.39, 0.29) is 12.5 Å². The smallest absolute Gasteiger partial charge is 0.262 e. The highest BCUT2D eigenvalue weighted by molar-refractivity contribution is 6.22. The highest BCUT2D eigenvalue weighted by atomic mass is 16.2. The van der Waals surface area contributed by atoms with Crippen molar-refractivity contribution in [3.05, 3.63) is 65.0 Å². The maximum Gasteiger partial charge on any atom is 0.262 e. The van der Waals surface area contributed by atoms with E-state index in [1.54, 1.807) is 24.3 Å². The number of imidazole rings is 1. The van der Waals surface area contributed by atoms with Gasteiger partial charge in [-0.15, -0.1) is 0 Å². The summed E-state index contributed by atoms with van der Waals surface area (Å²) < 4.78 is 0. The lowest BCUT2D eigenvalue weighted by molar-refractivity contribution is -0.121. The normalized spacial score (nSPS) is 13.3. The minimum atomic E-state index is -0.435. The fourth-order valence-electron chi connectivity index (χ4n) is 3.08. The van der Waals surface area contributed by atoms with Gasteiger partial charge in [-0.05, 0) is 36.8 Å². The molecule has 7 heteroatoms. The van der Waals surface area contributed by atoms with Crippen molar-refractivity contribution in [1.82, 2.24) is 20.2 Å². The average Bonchev–Trinajstić information content (AvgIpc) is 3.12. The molecular formula is C19H16N4O3. The molecule has 0 saturated heterocycles. The molecule has 2 N–H and O–H groups in total. The van der Waals surface area contributed by atoms with Crippen LogP contribution in [0.3, 0.4) is 0 Å². The Hall–Kier alpha value is -3.48. The lowest BCUT2D eigenvalue weighted by Gasteiger charge is -2.13. The van der Waals surface area contributed by atoms with Gasteiger partial charge in [0.05, 0.1) is 22.2 Å². The molecular weight excluding hydrogens is 332 g/mol. The maximum atomic E-state index is 12.3. The van der Waals surface area contributed by atoms with Crippen molar-refractivity contribution in [2.75, 3.05) is 6.54 Å². The molecule has 0 saturated carbocycles. The van der Waals surface area contributed by atoms with E-state index in [0.29, 0.717) is 17.7 Å². The summed E-state index contributed by atoms with van der Waals surface area (Å²) in [5, 5.41) is 2.75. The topological polar surface area (TPSA) is 95.2 Å². The fourth-order valence-corrected chi connectivity index (χ4v) is 3.08. The molecule has 1 aliphatic rings. The molecule has 0 radical (unpaired) electrons. The Morgan fingerprint density at radius 2 is 1.81 bits per heavy atom.